The first-order valence-corrected chi connectivity index (χ1v) is 12.8. The number of carbonyl (C=O) groups is 2. The van der Waals surface area contributed by atoms with Gasteiger partial charge in [-0.05, 0) is 29.8 Å². The van der Waals surface area contributed by atoms with E-state index in [1.807, 2.05) is 48.5 Å². The average Bonchev–Trinajstić information content (AvgIpc) is 3.42. The molecule has 0 radical (unpaired) electrons. The number of rotatable bonds is 11. The van der Waals surface area contributed by atoms with Gasteiger partial charge in [-0.15, -0.1) is 0 Å². The van der Waals surface area contributed by atoms with Crippen LogP contribution in [0.3, 0.4) is 0 Å². The van der Waals surface area contributed by atoms with E-state index in [2.05, 4.69) is 4.90 Å². The summed E-state index contributed by atoms with van der Waals surface area (Å²) >= 11 is 0. The van der Waals surface area contributed by atoms with Crippen molar-refractivity contribution in [2.45, 2.75) is 12.5 Å². The normalized spacial score (nSPS) is 17.7. The second kappa shape index (κ2) is 13.4. The van der Waals surface area contributed by atoms with Crippen molar-refractivity contribution in [1.82, 2.24) is 14.8 Å². The van der Waals surface area contributed by atoms with Crippen molar-refractivity contribution in [2.75, 3.05) is 73.9 Å². The Labute approximate surface area is 223 Å². The number of amides is 2. The number of ether oxygens (including phenoxy) is 4. The summed E-state index contributed by atoms with van der Waals surface area (Å²) < 4.78 is 21.2. The molecule has 0 N–H and O–H groups in total. The lowest BCUT2D eigenvalue weighted by Crippen LogP contribution is -2.47. The minimum atomic E-state index is -0.312. The van der Waals surface area contributed by atoms with Crippen LogP contribution < -0.4 is 9.47 Å². The fourth-order valence-corrected chi connectivity index (χ4v) is 4.63. The molecule has 2 heterocycles. The Balaban J connectivity index is 1.56. The van der Waals surface area contributed by atoms with E-state index >= 15 is 0 Å². The smallest absolute Gasteiger partial charge is 0.262 e. The lowest BCUT2D eigenvalue weighted by molar-refractivity contribution is -0.143. The fraction of sp³-hybridized carbons (Fsp3) is 0.464. The summed E-state index contributed by atoms with van der Waals surface area (Å²) in [6, 6.07) is 15.0. The summed E-state index contributed by atoms with van der Waals surface area (Å²) in [5.41, 5.74) is 2.60. The first kappa shape index (κ1) is 27.6. The van der Waals surface area contributed by atoms with Crippen LogP contribution in [0.4, 0.5) is 0 Å². The maximum atomic E-state index is 13.7. The summed E-state index contributed by atoms with van der Waals surface area (Å²) in [5, 5.41) is 6.27. The van der Waals surface area contributed by atoms with E-state index in [1.54, 1.807) is 19.1 Å². The molecule has 2 aromatic rings. The van der Waals surface area contributed by atoms with Gasteiger partial charge >= 0.3 is 0 Å². The summed E-state index contributed by atoms with van der Waals surface area (Å²) in [4.78, 5) is 30.4. The van der Waals surface area contributed by atoms with Crippen LogP contribution in [0.15, 0.2) is 53.6 Å². The van der Waals surface area contributed by atoms with E-state index in [-0.39, 0.29) is 31.0 Å². The molecule has 10 nitrogen and oxygen atoms in total. The molecule has 0 unspecified atom stereocenters. The van der Waals surface area contributed by atoms with Crippen molar-refractivity contribution in [3.05, 3.63) is 59.7 Å². The van der Waals surface area contributed by atoms with Crippen LogP contribution in [-0.2, 0) is 19.1 Å². The molecule has 1 saturated heterocycles. The second-order valence-electron chi connectivity index (χ2n) is 9.21. The zero-order chi connectivity index (χ0) is 26.9. The highest BCUT2D eigenvalue weighted by Crippen LogP contribution is 2.34. The molecular weight excluding hydrogens is 488 g/mol. The average molecular weight is 525 g/mol. The van der Waals surface area contributed by atoms with Crippen molar-refractivity contribution in [2.24, 2.45) is 5.10 Å². The third-order valence-electron chi connectivity index (χ3n) is 6.81. The third kappa shape index (κ3) is 6.89. The molecule has 4 rings (SSSR count). The van der Waals surface area contributed by atoms with E-state index < -0.39 is 0 Å². The van der Waals surface area contributed by atoms with Crippen molar-refractivity contribution in [1.29, 1.82) is 0 Å². The predicted octanol–water partition coefficient (Wildman–Crippen LogP) is 2.19. The molecule has 10 heteroatoms. The summed E-state index contributed by atoms with van der Waals surface area (Å²) in [5.74, 6) is 0.967. The van der Waals surface area contributed by atoms with Crippen LogP contribution in [0.1, 0.15) is 23.6 Å². The molecule has 2 aliphatic rings. The largest absolute Gasteiger partial charge is 0.497 e. The summed E-state index contributed by atoms with van der Waals surface area (Å²) in [6.45, 7) is 3.85. The van der Waals surface area contributed by atoms with Crippen LogP contribution >= 0.6 is 0 Å². The highest BCUT2D eigenvalue weighted by molar-refractivity contribution is 6.03. The van der Waals surface area contributed by atoms with Crippen molar-refractivity contribution in [3.8, 4) is 11.5 Å². The highest BCUT2D eigenvalue weighted by atomic mass is 16.5. The van der Waals surface area contributed by atoms with Crippen LogP contribution in [-0.4, -0.2) is 106 Å². The van der Waals surface area contributed by atoms with Gasteiger partial charge in [0.05, 0.1) is 39.2 Å². The predicted molar refractivity (Wildman–Crippen MR) is 142 cm³/mol. The number of hydrogen-bond acceptors (Lipinski definition) is 8. The molecule has 0 spiro atoms. The van der Waals surface area contributed by atoms with Crippen LogP contribution in [0.25, 0.3) is 0 Å². The number of benzene rings is 2. The van der Waals surface area contributed by atoms with Gasteiger partial charge < -0.3 is 23.8 Å². The van der Waals surface area contributed by atoms with E-state index in [1.165, 1.54) is 12.1 Å². The Morgan fingerprint density at radius 3 is 2.45 bits per heavy atom. The van der Waals surface area contributed by atoms with Gasteiger partial charge in [0.1, 0.15) is 24.7 Å². The van der Waals surface area contributed by atoms with E-state index in [4.69, 9.17) is 24.0 Å². The molecule has 1 atom stereocenters. The molecule has 1 fully saturated rings. The molecule has 0 saturated carbocycles. The Bertz CT molecular complexity index is 1120. The molecule has 204 valence electrons. The molecule has 0 aliphatic carbocycles. The van der Waals surface area contributed by atoms with Gasteiger partial charge in [-0.3, -0.25) is 14.5 Å². The molecule has 0 bridgehead atoms. The zero-order valence-electron chi connectivity index (χ0n) is 22.3. The Kier molecular flexibility index (Phi) is 9.69. The van der Waals surface area contributed by atoms with Crippen LogP contribution in [0.5, 0.6) is 11.5 Å². The Morgan fingerprint density at radius 1 is 1.03 bits per heavy atom. The SMILES string of the molecule is COCC(=O)N(CCN1CCOCC1)CC(=O)N1N=C(c2cccc(OC)c2)C[C@@H]1c1ccc(OC)cc1. The van der Waals surface area contributed by atoms with Gasteiger partial charge in [0, 0.05) is 45.3 Å². The third-order valence-corrected chi connectivity index (χ3v) is 6.81. The summed E-state index contributed by atoms with van der Waals surface area (Å²) in [7, 11) is 4.71. The first-order chi connectivity index (χ1) is 18.5. The highest BCUT2D eigenvalue weighted by Gasteiger charge is 2.34. The molecule has 38 heavy (non-hydrogen) atoms. The maximum absolute atomic E-state index is 13.7. The quantitative estimate of drug-likeness (QED) is 0.445. The zero-order valence-corrected chi connectivity index (χ0v) is 22.3. The number of hydrogen-bond donors (Lipinski definition) is 0. The Morgan fingerprint density at radius 2 is 1.76 bits per heavy atom. The van der Waals surface area contributed by atoms with Gasteiger partial charge in [-0.1, -0.05) is 24.3 Å². The van der Waals surface area contributed by atoms with Gasteiger partial charge in [0.2, 0.25) is 5.91 Å². The summed E-state index contributed by atoms with van der Waals surface area (Å²) in [6.07, 6.45) is 0.533. The first-order valence-electron chi connectivity index (χ1n) is 12.8. The van der Waals surface area contributed by atoms with E-state index in [9.17, 15) is 9.59 Å². The maximum Gasteiger partial charge on any atom is 0.262 e. The van der Waals surface area contributed by atoms with Gasteiger partial charge in [0.15, 0.2) is 0 Å². The molecule has 2 aliphatic heterocycles. The number of hydrazone groups is 1. The molecule has 0 aromatic heterocycles. The molecular formula is C28H36N4O6. The minimum absolute atomic E-state index is 0.0867. The van der Waals surface area contributed by atoms with Crippen LogP contribution in [0.2, 0.25) is 0 Å². The van der Waals surface area contributed by atoms with Gasteiger partial charge in [0.25, 0.3) is 5.91 Å². The lowest BCUT2D eigenvalue weighted by atomic mass is 9.98. The van der Waals surface area contributed by atoms with E-state index in [0.29, 0.717) is 32.7 Å². The van der Waals surface area contributed by atoms with E-state index in [0.717, 1.165) is 41.4 Å². The molecule has 2 amide bonds. The number of carbonyl (C=O) groups excluding carboxylic acids is 2. The number of methoxy groups -OCH3 is 3. The van der Waals surface area contributed by atoms with Gasteiger partial charge in [-0.25, -0.2) is 5.01 Å². The Hall–Kier alpha value is -3.47. The second-order valence-corrected chi connectivity index (χ2v) is 9.21. The van der Waals surface area contributed by atoms with Gasteiger partial charge in [-0.2, -0.15) is 5.10 Å². The molecule has 2 aromatic carbocycles. The van der Waals surface area contributed by atoms with Crippen LogP contribution in [0, 0.1) is 0 Å². The number of morpholine rings is 1. The lowest BCUT2D eigenvalue weighted by Gasteiger charge is -2.31. The fourth-order valence-electron chi connectivity index (χ4n) is 4.63. The van der Waals surface area contributed by atoms with Crippen molar-refractivity contribution >= 4 is 17.5 Å². The van der Waals surface area contributed by atoms with Crippen molar-refractivity contribution < 1.29 is 28.5 Å². The minimum Gasteiger partial charge on any atom is -0.497 e. The number of nitrogens with zero attached hydrogens (tertiary/aromatic N) is 4. The van der Waals surface area contributed by atoms with Crippen molar-refractivity contribution in [3.63, 3.8) is 0 Å². The standard InChI is InChI=1S/C28H36N4O6/c1-35-20-28(34)31(12-11-30-13-15-38-16-14-30)19-27(33)32-26(21-7-9-23(36-2)10-8-21)18-25(29-32)22-5-4-6-24(17-22)37-3/h4-10,17,26H,11-16,18-20H2,1-3H3/t26-/m1/s1. The monoisotopic (exact) mass is 524 g/mol. The topological polar surface area (TPSA) is 93.1 Å².